The zero-order valence-corrected chi connectivity index (χ0v) is 20.8. The quantitative estimate of drug-likeness (QED) is 0.180. The Morgan fingerprint density at radius 1 is 1.03 bits per heavy atom. The maximum atomic E-state index is 13.5. The van der Waals surface area contributed by atoms with E-state index < -0.39 is 0 Å². The van der Waals surface area contributed by atoms with Crippen LogP contribution in [0.3, 0.4) is 0 Å². The summed E-state index contributed by atoms with van der Waals surface area (Å²) >= 11 is 0. The molecule has 0 saturated heterocycles. The minimum atomic E-state index is -0.292. The van der Waals surface area contributed by atoms with Crippen molar-refractivity contribution in [3.63, 3.8) is 0 Å². The van der Waals surface area contributed by atoms with E-state index in [0.717, 1.165) is 16.5 Å². The third-order valence-electron chi connectivity index (χ3n) is 5.83. The van der Waals surface area contributed by atoms with Gasteiger partial charge in [0.2, 0.25) is 5.82 Å². The Morgan fingerprint density at radius 2 is 1.81 bits per heavy atom. The Bertz CT molecular complexity index is 1650. The molecule has 7 nitrogen and oxygen atoms in total. The summed E-state index contributed by atoms with van der Waals surface area (Å²) in [4.78, 5) is 18.3. The number of furan rings is 1. The van der Waals surface area contributed by atoms with Crippen molar-refractivity contribution in [2.75, 3.05) is 13.2 Å². The van der Waals surface area contributed by atoms with Crippen LogP contribution in [0.1, 0.15) is 25.0 Å². The number of aromatic nitrogens is 2. The number of nitrogens with zero attached hydrogens (tertiary/aromatic N) is 3. The smallest absolute Gasteiger partial charge is 0.282 e. The normalized spacial score (nSPS) is 11.4. The van der Waals surface area contributed by atoms with Gasteiger partial charge in [0.15, 0.2) is 17.3 Å². The number of fused-ring (bicyclic) bond motifs is 2. The van der Waals surface area contributed by atoms with Crippen LogP contribution in [0.4, 0.5) is 0 Å². The summed E-state index contributed by atoms with van der Waals surface area (Å²) in [5.74, 6) is 2.08. The van der Waals surface area contributed by atoms with Gasteiger partial charge in [0.1, 0.15) is 5.58 Å². The van der Waals surface area contributed by atoms with Gasteiger partial charge in [-0.1, -0.05) is 36.4 Å². The van der Waals surface area contributed by atoms with Gasteiger partial charge in [-0.15, -0.1) is 6.58 Å². The van der Waals surface area contributed by atoms with Crippen LogP contribution >= 0.6 is 0 Å². The third-order valence-corrected chi connectivity index (χ3v) is 5.83. The minimum Gasteiger partial charge on any atom is -0.490 e. The van der Waals surface area contributed by atoms with Gasteiger partial charge in [-0.3, -0.25) is 4.79 Å². The first kappa shape index (κ1) is 24.1. The van der Waals surface area contributed by atoms with Crippen molar-refractivity contribution < 1.29 is 13.9 Å². The van der Waals surface area contributed by atoms with Crippen LogP contribution in [-0.4, -0.2) is 29.1 Å². The zero-order chi connectivity index (χ0) is 25.8. The largest absolute Gasteiger partial charge is 0.490 e. The number of hydrogen-bond acceptors (Lipinski definition) is 6. The number of hydrogen-bond donors (Lipinski definition) is 0. The van der Waals surface area contributed by atoms with Crippen LogP contribution in [-0.2, 0) is 6.42 Å². The fourth-order valence-corrected chi connectivity index (χ4v) is 4.24. The van der Waals surface area contributed by atoms with E-state index in [9.17, 15) is 4.79 Å². The molecule has 0 unspecified atom stereocenters. The lowest BCUT2D eigenvalue weighted by Crippen LogP contribution is -2.20. The first-order valence-corrected chi connectivity index (χ1v) is 12.2. The highest BCUT2D eigenvalue weighted by atomic mass is 16.5. The summed E-state index contributed by atoms with van der Waals surface area (Å²) < 4.78 is 19.1. The van der Waals surface area contributed by atoms with Crippen molar-refractivity contribution in [2.45, 2.75) is 20.3 Å². The van der Waals surface area contributed by atoms with Gasteiger partial charge in [0.05, 0.1) is 30.3 Å². The minimum absolute atomic E-state index is 0.292. The molecule has 0 spiro atoms. The predicted molar refractivity (Wildman–Crippen MR) is 147 cm³/mol. The van der Waals surface area contributed by atoms with E-state index in [1.807, 2.05) is 74.5 Å². The Kier molecular flexibility index (Phi) is 6.85. The van der Waals surface area contributed by atoms with E-state index in [-0.39, 0.29) is 5.56 Å². The predicted octanol–water partition coefficient (Wildman–Crippen LogP) is 6.22. The molecular weight excluding hydrogens is 466 g/mol. The summed E-state index contributed by atoms with van der Waals surface area (Å²) in [6.07, 6.45) is 4.03. The Morgan fingerprint density at radius 3 is 2.59 bits per heavy atom. The summed E-state index contributed by atoms with van der Waals surface area (Å²) in [6, 6.07) is 20.5. The molecule has 7 heteroatoms. The van der Waals surface area contributed by atoms with E-state index in [1.54, 1.807) is 18.3 Å². The van der Waals surface area contributed by atoms with Crippen molar-refractivity contribution in [2.24, 2.45) is 5.10 Å². The Hall–Kier alpha value is -4.65. The second-order valence-corrected chi connectivity index (χ2v) is 8.33. The van der Waals surface area contributed by atoms with Crippen molar-refractivity contribution in [3.8, 4) is 23.1 Å². The van der Waals surface area contributed by atoms with Crippen LogP contribution in [0.15, 0.2) is 93.7 Å². The molecule has 0 aliphatic rings. The van der Waals surface area contributed by atoms with Crippen molar-refractivity contribution in [1.29, 1.82) is 0 Å². The molecule has 5 aromatic rings. The van der Waals surface area contributed by atoms with Crippen LogP contribution in [0, 0.1) is 0 Å². The molecule has 0 fully saturated rings. The molecule has 0 saturated carbocycles. The van der Waals surface area contributed by atoms with Crippen molar-refractivity contribution in [3.05, 3.63) is 101 Å². The van der Waals surface area contributed by atoms with E-state index in [4.69, 9.17) is 18.9 Å². The number of allylic oxidation sites excluding steroid dienone is 1. The maximum Gasteiger partial charge on any atom is 0.282 e. The van der Waals surface area contributed by atoms with E-state index in [0.29, 0.717) is 59.2 Å². The molecule has 0 N–H and O–H groups in total. The molecule has 186 valence electrons. The highest BCUT2D eigenvalue weighted by molar-refractivity contribution is 5.85. The lowest BCUT2D eigenvalue weighted by atomic mass is 10.1. The molecule has 0 bridgehead atoms. The highest BCUT2D eigenvalue weighted by Crippen LogP contribution is 2.34. The highest BCUT2D eigenvalue weighted by Gasteiger charge is 2.17. The van der Waals surface area contributed by atoms with Gasteiger partial charge in [-0.05, 0) is 62.2 Å². The lowest BCUT2D eigenvalue weighted by molar-refractivity contribution is 0.285. The zero-order valence-electron chi connectivity index (χ0n) is 20.8. The fraction of sp³-hybridized carbons (Fsp3) is 0.167. The van der Waals surface area contributed by atoms with Gasteiger partial charge < -0.3 is 13.9 Å². The molecule has 2 aromatic heterocycles. The van der Waals surface area contributed by atoms with Gasteiger partial charge in [0, 0.05) is 10.9 Å². The molecule has 0 aliphatic carbocycles. The monoisotopic (exact) mass is 493 g/mol. The van der Waals surface area contributed by atoms with Gasteiger partial charge >= 0.3 is 0 Å². The molecule has 3 aromatic carbocycles. The van der Waals surface area contributed by atoms with Crippen molar-refractivity contribution >= 4 is 28.1 Å². The van der Waals surface area contributed by atoms with E-state index in [2.05, 4.69) is 11.7 Å². The number of rotatable bonds is 9. The molecule has 0 amide bonds. The molecule has 5 rings (SSSR count). The third kappa shape index (κ3) is 4.76. The first-order valence-electron chi connectivity index (χ1n) is 12.2. The Labute approximate surface area is 214 Å². The summed E-state index contributed by atoms with van der Waals surface area (Å²) in [5, 5.41) is 5.97. The molecule has 0 radical (unpaired) electrons. The number of para-hydroxylation sites is 2. The van der Waals surface area contributed by atoms with Gasteiger partial charge in [0.25, 0.3) is 5.56 Å². The number of ether oxygens (including phenoxy) is 2. The van der Waals surface area contributed by atoms with E-state index >= 15 is 0 Å². The second kappa shape index (κ2) is 10.5. The van der Waals surface area contributed by atoms with Crippen LogP contribution in [0.25, 0.3) is 33.5 Å². The number of benzene rings is 3. The average Bonchev–Trinajstić information content (AvgIpc) is 3.34. The topological polar surface area (TPSA) is 78.9 Å². The fourth-order valence-electron chi connectivity index (χ4n) is 4.24. The Balaban J connectivity index is 1.68. The van der Waals surface area contributed by atoms with Gasteiger partial charge in [-0.2, -0.15) is 9.78 Å². The molecule has 0 atom stereocenters. The van der Waals surface area contributed by atoms with E-state index in [1.165, 1.54) is 4.68 Å². The van der Waals surface area contributed by atoms with Crippen LogP contribution in [0.5, 0.6) is 11.5 Å². The summed E-state index contributed by atoms with van der Waals surface area (Å²) in [7, 11) is 0. The van der Waals surface area contributed by atoms with Crippen molar-refractivity contribution in [1.82, 2.24) is 9.66 Å². The van der Waals surface area contributed by atoms with Crippen LogP contribution < -0.4 is 15.0 Å². The second-order valence-electron chi connectivity index (χ2n) is 8.33. The van der Waals surface area contributed by atoms with Gasteiger partial charge in [-0.25, -0.2) is 4.98 Å². The summed E-state index contributed by atoms with van der Waals surface area (Å²) in [6.45, 7) is 8.71. The SMILES string of the molecule is C=CCc1cc(C=Nn2c(-c3cc4ccccc4o3)nc3ccccc3c2=O)cc(OCC)c1OCC. The van der Waals surface area contributed by atoms with Crippen LogP contribution in [0.2, 0.25) is 0 Å². The molecule has 0 aliphatic heterocycles. The maximum absolute atomic E-state index is 13.5. The molecule has 37 heavy (non-hydrogen) atoms. The first-order chi connectivity index (χ1) is 18.1. The average molecular weight is 494 g/mol. The molecular formula is C30H27N3O4. The summed E-state index contributed by atoms with van der Waals surface area (Å²) in [5.41, 5.74) is 2.66. The lowest BCUT2D eigenvalue weighted by Gasteiger charge is -2.15. The molecule has 2 heterocycles. The standard InChI is InChI=1S/C30H27N3O4/c1-4-11-22-16-20(17-26(35-5-2)28(22)36-6-3)19-31-33-29(27-18-21-12-7-10-15-25(21)37-27)32-24-14-9-8-13-23(24)30(33)34/h4,7-10,12-19H,1,5-6,11H2,2-3H3.